The van der Waals surface area contributed by atoms with Crippen LogP contribution in [0.15, 0.2) is 36.7 Å². The maximum Gasteiger partial charge on any atom is 0.106 e. The fraction of sp³-hybridized carbons (Fsp3) is 0.308. The van der Waals surface area contributed by atoms with Gasteiger partial charge >= 0.3 is 0 Å². The summed E-state index contributed by atoms with van der Waals surface area (Å²) in [5.74, 6) is 2.08. The minimum absolute atomic E-state index is 0.926. The third kappa shape index (κ3) is 3.07. The molecule has 0 saturated heterocycles. The van der Waals surface area contributed by atoms with Gasteiger partial charge in [0.2, 0.25) is 0 Å². The van der Waals surface area contributed by atoms with Crippen LogP contribution in [0.1, 0.15) is 47.8 Å². The first-order chi connectivity index (χ1) is 14.6. The molecule has 0 atom stereocenters. The van der Waals surface area contributed by atoms with Gasteiger partial charge in [-0.3, -0.25) is 0 Å². The number of aryl methyl sites for hydroxylation is 6. The van der Waals surface area contributed by atoms with Gasteiger partial charge in [-0.15, -0.1) is 0 Å². The van der Waals surface area contributed by atoms with Crippen LogP contribution in [0.2, 0.25) is 0 Å². The predicted molar refractivity (Wildman–Crippen MR) is 123 cm³/mol. The molecule has 5 rings (SSSR count). The molecule has 2 heterocycles. The van der Waals surface area contributed by atoms with Gasteiger partial charge in [-0.25, -0.2) is 9.97 Å². The summed E-state index contributed by atoms with van der Waals surface area (Å²) in [4.78, 5) is 15.9. The van der Waals surface area contributed by atoms with Crippen molar-refractivity contribution in [2.45, 2.75) is 53.4 Å². The highest BCUT2D eigenvalue weighted by molar-refractivity contribution is 5.83. The lowest BCUT2D eigenvalue weighted by Gasteiger charge is -2.25. The highest BCUT2D eigenvalue weighted by atomic mass is 14.9. The molecule has 2 aromatic carbocycles. The number of nitrogens with zero attached hydrogens (tertiary/aromatic N) is 2. The van der Waals surface area contributed by atoms with E-state index in [9.17, 15) is 0 Å². The fourth-order valence-electron chi connectivity index (χ4n) is 4.79. The van der Waals surface area contributed by atoms with Crippen molar-refractivity contribution in [3.05, 3.63) is 70.6 Å². The standard InChI is InChI=1S/C26H28N4/c1-5-23-27-13-21(29-23)19-9-15(3)25-17(11-19)7-8-18-12-20(10-16(4)26(18)25)22-14-28-24(6-2)30-22/h9-14H,5-8H2,1-4H3,(H,27,29)(H,28,30). The Morgan fingerprint density at radius 3 is 1.50 bits per heavy atom. The van der Waals surface area contributed by atoms with E-state index in [0.29, 0.717) is 0 Å². The van der Waals surface area contributed by atoms with E-state index < -0.39 is 0 Å². The molecule has 1 aliphatic rings. The Hall–Kier alpha value is -3.14. The normalized spacial score (nSPS) is 12.7. The molecular weight excluding hydrogens is 368 g/mol. The maximum atomic E-state index is 4.49. The number of H-pyrrole nitrogens is 2. The van der Waals surface area contributed by atoms with Gasteiger partial charge in [0.1, 0.15) is 11.6 Å². The first kappa shape index (κ1) is 18.9. The molecule has 0 amide bonds. The lowest BCUT2D eigenvalue weighted by molar-refractivity contribution is 0.935. The molecular formula is C26H28N4. The van der Waals surface area contributed by atoms with Crippen molar-refractivity contribution >= 4 is 0 Å². The number of hydrogen-bond acceptors (Lipinski definition) is 2. The average molecular weight is 397 g/mol. The first-order valence-electron chi connectivity index (χ1n) is 10.9. The summed E-state index contributed by atoms with van der Waals surface area (Å²) in [5, 5.41) is 0. The van der Waals surface area contributed by atoms with Crippen LogP contribution in [-0.4, -0.2) is 19.9 Å². The van der Waals surface area contributed by atoms with Crippen LogP contribution in [0.3, 0.4) is 0 Å². The molecule has 0 fully saturated rings. The molecule has 0 aliphatic heterocycles. The van der Waals surface area contributed by atoms with Crippen LogP contribution in [0.5, 0.6) is 0 Å². The van der Waals surface area contributed by atoms with Crippen LogP contribution in [0.4, 0.5) is 0 Å². The average Bonchev–Trinajstić information content (AvgIpc) is 3.42. The number of nitrogens with one attached hydrogen (secondary N) is 2. The molecule has 0 unspecified atom stereocenters. The summed E-state index contributed by atoms with van der Waals surface area (Å²) in [7, 11) is 0. The second-order valence-corrected chi connectivity index (χ2v) is 8.35. The van der Waals surface area contributed by atoms with Gasteiger partial charge in [-0.1, -0.05) is 13.8 Å². The molecule has 0 spiro atoms. The number of aromatic nitrogens is 4. The van der Waals surface area contributed by atoms with Crippen molar-refractivity contribution in [2.24, 2.45) is 0 Å². The Balaban J connectivity index is 1.60. The molecule has 0 radical (unpaired) electrons. The smallest absolute Gasteiger partial charge is 0.106 e. The molecule has 4 heteroatoms. The number of hydrogen-bond donors (Lipinski definition) is 2. The monoisotopic (exact) mass is 396 g/mol. The number of fused-ring (bicyclic) bond motifs is 3. The highest BCUT2D eigenvalue weighted by Gasteiger charge is 2.22. The van der Waals surface area contributed by atoms with Gasteiger partial charge in [-0.05, 0) is 84.3 Å². The van der Waals surface area contributed by atoms with Crippen molar-refractivity contribution in [3.63, 3.8) is 0 Å². The molecule has 4 aromatic rings. The quantitative estimate of drug-likeness (QED) is 0.446. The summed E-state index contributed by atoms with van der Waals surface area (Å²) >= 11 is 0. The molecule has 1 aliphatic carbocycles. The van der Waals surface area contributed by atoms with E-state index in [1.165, 1.54) is 44.5 Å². The van der Waals surface area contributed by atoms with E-state index in [1.807, 2.05) is 12.4 Å². The predicted octanol–water partition coefficient (Wildman–Crippen LogP) is 5.97. The van der Waals surface area contributed by atoms with Crippen LogP contribution >= 0.6 is 0 Å². The van der Waals surface area contributed by atoms with Crippen molar-refractivity contribution < 1.29 is 0 Å². The minimum atomic E-state index is 0.926. The van der Waals surface area contributed by atoms with Gasteiger partial charge in [0, 0.05) is 24.0 Å². The van der Waals surface area contributed by atoms with E-state index >= 15 is 0 Å². The van der Waals surface area contributed by atoms with Crippen LogP contribution in [-0.2, 0) is 25.7 Å². The van der Waals surface area contributed by atoms with Crippen LogP contribution in [0, 0.1) is 13.8 Å². The van der Waals surface area contributed by atoms with E-state index in [0.717, 1.165) is 48.7 Å². The lowest BCUT2D eigenvalue weighted by atomic mass is 9.79. The van der Waals surface area contributed by atoms with Crippen molar-refractivity contribution in [2.75, 3.05) is 0 Å². The number of benzene rings is 2. The molecule has 0 saturated carbocycles. The Kier molecular flexibility index (Phi) is 4.58. The SMILES string of the molecule is CCc1ncc(-c2cc(C)c3c(c2)CCc2cc(-c4cnc(CC)[nH]4)cc(C)c2-3)[nH]1. The molecule has 2 aromatic heterocycles. The van der Waals surface area contributed by atoms with Crippen molar-refractivity contribution in [3.8, 4) is 33.6 Å². The molecule has 152 valence electrons. The van der Waals surface area contributed by atoms with E-state index in [1.54, 1.807) is 0 Å². The first-order valence-corrected chi connectivity index (χ1v) is 10.9. The molecule has 2 N–H and O–H groups in total. The number of aromatic amines is 2. The fourth-order valence-corrected chi connectivity index (χ4v) is 4.79. The molecule has 4 nitrogen and oxygen atoms in total. The van der Waals surface area contributed by atoms with Gasteiger partial charge in [0.25, 0.3) is 0 Å². The van der Waals surface area contributed by atoms with Gasteiger partial charge in [-0.2, -0.15) is 0 Å². The zero-order chi connectivity index (χ0) is 20.8. The van der Waals surface area contributed by atoms with E-state index in [2.05, 4.69) is 71.9 Å². The topological polar surface area (TPSA) is 57.4 Å². The van der Waals surface area contributed by atoms with Gasteiger partial charge < -0.3 is 9.97 Å². The highest BCUT2D eigenvalue weighted by Crippen LogP contribution is 2.41. The summed E-state index contributed by atoms with van der Waals surface area (Å²) in [6, 6.07) is 9.31. The minimum Gasteiger partial charge on any atom is -0.342 e. The largest absolute Gasteiger partial charge is 0.342 e. The number of imidazole rings is 2. The van der Waals surface area contributed by atoms with Gasteiger partial charge in [0.05, 0.1) is 23.8 Å². The lowest BCUT2D eigenvalue weighted by Crippen LogP contribution is -2.08. The van der Waals surface area contributed by atoms with Crippen molar-refractivity contribution in [1.29, 1.82) is 0 Å². The van der Waals surface area contributed by atoms with Crippen LogP contribution in [0.25, 0.3) is 33.6 Å². The maximum absolute atomic E-state index is 4.49. The third-order valence-corrected chi connectivity index (χ3v) is 6.30. The van der Waals surface area contributed by atoms with E-state index in [-0.39, 0.29) is 0 Å². The Bertz CT molecular complexity index is 1140. The summed E-state index contributed by atoms with van der Waals surface area (Å²) in [6.07, 6.45) is 7.91. The third-order valence-electron chi connectivity index (χ3n) is 6.30. The summed E-state index contributed by atoms with van der Waals surface area (Å²) in [5.41, 5.74) is 13.1. The Labute approximate surface area is 177 Å². The number of rotatable bonds is 4. The van der Waals surface area contributed by atoms with Crippen molar-refractivity contribution in [1.82, 2.24) is 19.9 Å². The summed E-state index contributed by atoms with van der Waals surface area (Å²) in [6.45, 7) is 8.73. The Morgan fingerprint density at radius 2 is 1.13 bits per heavy atom. The second-order valence-electron chi connectivity index (χ2n) is 8.35. The zero-order valence-electron chi connectivity index (χ0n) is 18.2. The molecule has 0 bridgehead atoms. The second kappa shape index (κ2) is 7.28. The summed E-state index contributed by atoms with van der Waals surface area (Å²) < 4.78 is 0. The Morgan fingerprint density at radius 1 is 0.700 bits per heavy atom. The van der Waals surface area contributed by atoms with Gasteiger partial charge in [0.15, 0.2) is 0 Å². The van der Waals surface area contributed by atoms with E-state index in [4.69, 9.17) is 0 Å². The zero-order valence-corrected chi connectivity index (χ0v) is 18.2. The van der Waals surface area contributed by atoms with Crippen LogP contribution < -0.4 is 0 Å². The molecule has 30 heavy (non-hydrogen) atoms.